The van der Waals surface area contributed by atoms with Crippen molar-refractivity contribution < 1.29 is 0 Å². The quantitative estimate of drug-likeness (QED) is 0.653. The molecule has 2 heterocycles. The predicted molar refractivity (Wildman–Crippen MR) is 123 cm³/mol. The van der Waals surface area contributed by atoms with Gasteiger partial charge in [-0.05, 0) is 57.0 Å². The fraction of sp³-hybridized carbons (Fsp3) is 0.542. The van der Waals surface area contributed by atoms with Gasteiger partial charge in [-0.25, -0.2) is 4.98 Å². The Kier molecular flexibility index (Phi) is 7.64. The number of unbranched alkanes of at least 4 members (excludes halogenated alkanes) is 1. The molecule has 1 aromatic heterocycles. The van der Waals surface area contributed by atoms with Gasteiger partial charge in [-0.2, -0.15) is 10.2 Å². The van der Waals surface area contributed by atoms with E-state index in [1.54, 1.807) is 0 Å². The molecule has 1 aromatic carbocycles. The van der Waals surface area contributed by atoms with Gasteiger partial charge < -0.3 is 10.2 Å². The second-order valence-electron chi connectivity index (χ2n) is 8.02. The monoisotopic (exact) mass is 406 g/mol. The van der Waals surface area contributed by atoms with Gasteiger partial charge in [0, 0.05) is 36.6 Å². The highest BCUT2D eigenvalue weighted by Crippen LogP contribution is 2.25. The van der Waals surface area contributed by atoms with Gasteiger partial charge >= 0.3 is 0 Å². The van der Waals surface area contributed by atoms with Crippen LogP contribution in [0.2, 0.25) is 0 Å². The van der Waals surface area contributed by atoms with Crippen LogP contribution in [0, 0.1) is 18.3 Å². The number of nitrogens with zero attached hydrogens (tertiary/aromatic N) is 5. The zero-order chi connectivity index (χ0) is 21.5. The molecule has 0 unspecified atom stereocenters. The zero-order valence-electron chi connectivity index (χ0n) is 18.8. The van der Waals surface area contributed by atoms with Crippen LogP contribution in [0.5, 0.6) is 0 Å². The number of hydrogen-bond donors (Lipinski definition) is 1. The van der Waals surface area contributed by atoms with Crippen molar-refractivity contribution in [2.45, 2.75) is 59.4 Å². The van der Waals surface area contributed by atoms with Crippen molar-refractivity contribution in [3.8, 4) is 6.07 Å². The molecular formula is C24H34N6. The molecule has 160 valence electrons. The lowest BCUT2D eigenvalue weighted by atomic mass is 10.1. The number of benzene rings is 1. The van der Waals surface area contributed by atoms with Crippen molar-refractivity contribution in [3.05, 3.63) is 41.1 Å². The van der Waals surface area contributed by atoms with Crippen LogP contribution in [0.4, 0.5) is 17.5 Å². The first-order valence-electron chi connectivity index (χ1n) is 11.2. The van der Waals surface area contributed by atoms with E-state index < -0.39 is 0 Å². The van der Waals surface area contributed by atoms with Gasteiger partial charge in [0.1, 0.15) is 5.82 Å². The van der Waals surface area contributed by atoms with E-state index in [0.29, 0.717) is 17.6 Å². The minimum Gasteiger partial charge on any atom is -0.355 e. The summed E-state index contributed by atoms with van der Waals surface area (Å²) in [6, 6.07) is 10.8. The fourth-order valence-corrected chi connectivity index (χ4v) is 4.12. The predicted octanol–water partition coefficient (Wildman–Crippen LogP) is 4.66. The molecule has 1 aliphatic rings. The van der Waals surface area contributed by atoms with Crippen LogP contribution < -0.4 is 10.2 Å². The van der Waals surface area contributed by atoms with Crippen molar-refractivity contribution in [1.29, 1.82) is 5.26 Å². The fourth-order valence-electron chi connectivity index (χ4n) is 4.12. The topological polar surface area (TPSA) is 68.1 Å². The number of nitriles is 1. The van der Waals surface area contributed by atoms with Gasteiger partial charge in [-0.3, -0.25) is 4.90 Å². The zero-order valence-corrected chi connectivity index (χ0v) is 18.8. The Bertz CT molecular complexity index is 884. The summed E-state index contributed by atoms with van der Waals surface area (Å²) in [7, 11) is 0. The van der Waals surface area contributed by atoms with E-state index in [2.05, 4.69) is 48.0 Å². The molecule has 0 amide bonds. The Hall–Kier alpha value is -2.65. The van der Waals surface area contributed by atoms with Crippen molar-refractivity contribution in [3.63, 3.8) is 0 Å². The first kappa shape index (κ1) is 22.0. The minimum atomic E-state index is 0.584. The van der Waals surface area contributed by atoms with E-state index in [9.17, 15) is 5.26 Å². The molecule has 6 nitrogen and oxygen atoms in total. The van der Waals surface area contributed by atoms with Gasteiger partial charge in [0.2, 0.25) is 5.95 Å². The number of rotatable bonds is 9. The maximum Gasteiger partial charge on any atom is 0.229 e. The second kappa shape index (κ2) is 10.4. The van der Waals surface area contributed by atoms with Crippen LogP contribution in [0.3, 0.4) is 0 Å². The van der Waals surface area contributed by atoms with Crippen LogP contribution in [0.15, 0.2) is 24.3 Å². The summed E-state index contributed by atoms with van der Waals surface area (Å²) in [6.07, 6.45) is 4.37. The number of aromatic nitrogens is 2. The molecule has 2 aromatic rings. The first-order valence-corrected chi connectivity index (χ1v) is 11.2. The number of nitrogens with one attached hydrogen (secondary N) is 1. The molecule has 1 fully saturated rings. The number of anilines is 3. The van der Waals surface area contributed by atoms with Gasteiger partial charge in [0.05, 0.1) is 11.6 Å². The summed E-state index contributed by atoms with van der Waals surface area (Å²) in [5.74, 6) is 1.61. The lowest BCUT2D eigenvalue weighted by molar-refractivity contribution is 0.232. The molecule has 0 bridgehead atoms. The van der Waals surface area contributed by atoms with Gasteiger partial charge in [0.15, 0.2) is 0 Å². The van der Waals surface area contributed by atoms with Gasteiger partial charge in [-0.15, -0.1) is 0 Å². The third-order valence-electron chi connectivity index (χ3n) is 5.98. The summed E-state index contributed by atoms with van der Waals surface area (Å²) >= 11 is 0. The normalized spacial score (nSPS) is 16.1. The molecule has 0 saturated carbocycles. The SMILES string of the molecule is CCCCc1cc(N2CC[C@H](N(CC)CC)C2)nc(Nc2ccc(C)c(C#N)c2)n1. The summed E-state index contributed by atoms with van der Waals surface area (Å²) in [4.78, 5) is 14.5. The van der Waals surface area contributed by atoms with E-state index in [4.69, 9.17) is 9.97 Å². The van der Waals surface area contributed by atoms with E-state index in [1.165, 1.54) is 6.42 Å². The van der Waals surface area contributed by atoms with Crippen LogP contribution in [-0.4, -0.2) is 47.1 Å². The molecule has 1 aliphatic heterocycles. The summed E-state index contributed by atoms with van der Waals surface area (Å²) < 4.78 is 0. The van der Waals surface area contributed by atoms with Crippen molar-refractivity contribution in [2.75, 3.05) is 36.4 Å². The van der Waals surface area contributed by atoms with Crippen molar-refractivity contribution >= 4 is 17.5 Å². The third kappa shape index (κ3) is 5.28. The van der Waals surface area contributed by atoms with E-state index in [1.807, 2.05) is 25.1 Å². The molecule has 3 rings (SSSR count). The van der Waals surface area contributed by atoms with Crippen LogP contribution >= 0.6 is 0 Å². The maximum atomic E-state index is 9.33. The smallest absolute Gasteiger partial charge is 0.229 e. The highest BCUT2D eigenvalue weighted by Gasteiger charge is 2.27. The molecule has 0 spiro atoms. The molecule has 0 radical (unpaired) electrons. The number of aryl methyl sites for hydroxylation is 2. The molecule has 1 atom stereocenters. The van der Waals surface area contributed by atoms with Gasteiger partial charge in [0.25, 0.3) is 0 Å². The summed E-state index contributed by atoms with van der Waals surface area (Å²) in [5, 5.41) is 12.7. The molecule has 1 N–H and O–H groups in total. The highest BCUT2D eigenvalue weighted by molar-refractivity contribution is 5.59. The highest BCUT2D eigenvalue weighted by atomic mass is 15.3. The Morgan fingerprint density at radius 3 is 2.70 bits per heavy atom. The first-order chi connectivity index (χ1) is 14.6. The Labute approximate surface area is 180 Å². The number of likely N-dealkylation sites (N-methyl/N-ethyl adjacent to an activating group) is 1. The van der Waals surface area contributed by atoms with E-state index in [0.717, 1.165) is 68.2 Å². The summed E-state index contributed by atoms with van der Waals surface area (Å²) in [6.45, 7) is 12.8. The average Bonchev–Trinajstić information content (AvgIpc) is 3.24. The molecule has 0 aliphatic carbocycles. The van der Waals surface area contributed by atoms with Crippen LogP contribution in [-0.2, 0) is 6.42 Å². The van der Waals surface area contributed by atoms with Crippen LogP contribution in [0.1, 0.15) is 56.9 Å². The number of hydrogen-bond acceptors (Lipinski definition) is 6. The lowest BCUT2D eigenvalue weighted by Crippen LogP contribution is -2.37. The molecule has 30 heavy (non-hydrogen) atoms. The van der Waals surface area contributed by atoms with Crippen molar-refractivity contribution in [2.24, 2.45) is 0 Å². The largest absolute Gasteiger partial charge is 0.355 e. The second-order valence-corrected chi connectivity index (χ2v) is 8.02. The van der Waals surface area contributed by atoms with Gasteiger partial charge in [-0.1, -0.05) is 33.3 Å². The maximum absolute atomic E-state index is 9.33. The Balaban J connectivity index is 1.84. The van der Waals surface area contributed by atoms with E-state index in [-0.39, 0.29) is 0 Å². The van der Waals surface area contributed by atoms with Crippen molar-refractivity contribution in [1.82, 2.24) is 14.9 Å². The minimum absolute atomic E-state index is 0.584. The summed E-state index contributed by atoms with van der Waals surface area (Å²) in [5.41, 5.74) is 3.56. The standard InChI is InChI=1S/C24H34N6/c1-5-8-9-20-15-23(30-13-12-22(17-30)29(6-2)7-3)28-24(26-20)27-21-11-10-18(4)19(14-21)16-25/h10-11,14-15,22H,5-9,12-13,17H2,1-4H3,(H,26,27,28)/t22-/m0/s1. The molecule has 1 saturated heterocycles. The van der Waals surface area contributed by atoms with E-state index >= 15 is 0 Å². The average molecular weight is 407 g/mol. The van der Waals surface area contributed by atoms with Crippen LogP contribution in [0.25, 0.3) is 0 Å². The molecule has 6 heteroatoms. The third-order valence-corrected chi connectivity index (χ3v) is 5.98. The Morgan fingerprint density at radius 1 is 1.20 bits per heavy atom. The molecular weight excluding hydrogens is 372 g/mol. The Morgan fingerprint density at radius 2 is 2.00 bits per heavy atom. The lowest BCUT2D eigenvalue weighted by Gasteiger charge is -2.26.